The topological polar surface area (TPSA) is 102 Å². The molecule has 0 fully saturated rings. The largest absolute Gasteiger partial charge is 0.478 e. The SMILES string of the molecule is CC(=O)c1cc2c(cc1NC(=O)Cc1ccccc1C(=O)O)OCO2. The number of ether oxygens (including phenoxy) is 2. The minimum Gasteiger partial charge on any atom is -0.478 e. The molecule has 1 amide bonds. The molecule has 1 heterocycles. The molecule has 3 rings (SSSR count). The van der Waals surface area contributed by atoms with Gasteiger partial charge in [0.2, 0.25) is 12.7 Å². The molecule has 0 saturated heterocycles. The van der Waals surface area contributed by atoms with Crippen LogP contribution in [0.15, 0.2) is 36.4 Å². The maximum atomic E-state index is 12.3. The maximum absolute atomic E-state index is 12.3. The van der Waals surface area contributed by atoms with E-state index in [1.807, 2.05) is 0 Å². The third kappa shape index (κ3) is 3.45. The van der Waals surface area contributed by atoms with Crippen LogP contribution in [0.2, 0.25) is 0 Å². The average Bonchev–Trinajstić information content (AvgIpc) is 3.01. The molecule has 1 aliphatic rings. The number of hydrogen-bond acceptors (Lipinski definition) is 5. The van der Waals surface area contributed by atoms with Gasteiger partial charge in [0, 0.05) is 11.6 Å². The number of aromatic carboxylic acids is 1. The molecule has 128 valence electrons. The van der Waals surface area contributed by atoms with E-state index < -0.39 is 11.9 Å². The fourth-order valence-electron chi connectivity index (χ4n) is 2.59. The van der Waals surface area contributed by atoms with E-state index in [1.165, 1.54) is 25.1 Å². The van der Waals surface area contributed by atoms with Gasteiger partial charge in [-0.25, -0.2) is 4.79 Å². The second-order valence-electron chi connectivity index (χ2n) is 5.49. The molecule has 25 heavy (non-hydrogen) atoms. The van der Waals surface area contributed by atoms with Crippen molar-refractivity contribution in [3.8, 4) is 11.5 Å². The molecule has 0 aromatic heterocycles. The number of hydrogen-bond donors (Lipinski definition) is 2. The highest BCUT2D eigenvalue weighted by molar-refractivity contribution is 6.05. The van der Waals surface area contributed by atoms with Crippen molar-refractivity contribution in [2.75, 3.05) is 12.1 Å². The lowest BCUT2D eigenvalue weighted by Gasteiger charge is -2.11. The quantitative estimate of drug-likeness (QED) is 0.810. The molecular weight excluding hydrogens is 326 g/mol. The first kappa shape index (κ1) is 16.5. The van der Waals surface area contributed by atoms with Gasteiger partial charge in [0.05, 0.1) is 17.7 Å². The molecule has 1 aliphatic heterocycles. The second kappa shape index (κ2) is 6.64. The van der Waals surface area contributed by atoms with Gasteiger partial charge in [-0.15, -0.1) is 0 Å². The normalized spacial score (nSPS) is 11.9. The molecule has 0 unspecified atom stereocenters. The Morgan fingerprint density at radius 3 is 2.44 bits per heavy atom. The first-order valence-corrected chi connectivity index (χ1v) is 7.51. The maximum Gasteiger partial charge on any atom is 0.335 e. The number of Topliss-reactive ketones (excluding diaryl/α,β-unsaturated/α-hetero) is 1. The molecule has 2 aromatic carbocycles. The number of fused-ring (bicyclic) bond motifs is 1. The lowest BCUT2D eigenvalue weighted by atomic mass is 10.0. The molecule has 0 atom stereocenters. The summed E-state index contributed by atoms with van der Waals surface area (Å²) in [7, 11) is 0. The Kier molecular flexibility index (Phi) is 4.38. The summed E-state index contributed by atoms with van der Waals surface area (Å²) >= 11 is 0. The summed E-state index contributed by atoms with van der Waals surface area (Å²) in [6, 6.07) is 9.32. The van der Waals surface area contributed by atoms with Crippen LogP contribution in [-0.2, 0) is 11.2 Å². The van der Waals surface area contributed by atoms with E-state index in [-0.39, 0.29) is 24.6 Å². The van der Waals surface area contributed by atoms with Crippen LogP contribution in [0, 0.1) is 0 Å². The van der Waals surface area contributed by atoms with E-state index in [2.05, 4.69) is 5.32 Å². The van der Waals surface area contributed by atoms with Crippen LogP contribution in [0.1, 0.15) is 33.2 Å². The highest BCUT2D eigenvalue weighted by Crippen LogP contribution is 2.37. The monoisotopic (exact) mass is 341 g/mol. The van der Waals surface area contributed by atoms with Gasteiger partial charge in [-0.2, -0.15) is 0 Å². The Morgan fingerprint density at radius 1 is 1.08 bits per heavy atom. The highest BCUT2D eigenvalue weighted by atomic mass is 16.7. The molecule has 0 spiro atoms. The lowest BCUT2D eigenvalue weighted by Crippen LogP contribution is -2.18. The lowest BCUT2D eigenvalue weighted by molar-refractivity contribution is -0.115. The summed E-state index contributed by atoms with van der Waals surface area (Å²) in [4.78, 5) is 35.4. The molecule has 0 bridgehead atoms. The second-order valence-corrected chi connectivity index (χ2v) is 5.49. The zero-order valence-corrected chi connectivity index (χ0v) is 13.4. The van der Waals surface area contributed by atoms with Gasteiger partial charge in [0.25, 0.3) is 0 Å². The molecule has 2 N–H and O–H groups in total. The summed E-state index contributed by atoms with van der Waals surface area (Å²) in [5, 5.41) is 11.8. The third-order valence-corrected chi connectivity index (χ3v) is 3.76. The first-order chi connectivity index (χ1) is 12.0. The van der Waals surface area contributed by atoms with Crippen LogP contribution < -0.4 is 14.8 Å². The van der Waals surface area contributed by atoms with Gasteiger partial charge in [-0.3, -0.25) is 9.59 Å². The van der Waals surface area contributed by atoms with Crippen molar-refractivity contribution in [1.82, 2.24) is 0 Å². The zero-order valence-electron chi connectivity index (χ0n) is 13.4. The minimum absolute atomic E-state index is 0.0517. The van der Waals surface area contributed by atoms with Gasteiger partial charge in [-0.1, -0.05) is 18.2 Å². The fourth-order valence-corrected chi connectivity index (χ4v) is 2.59. The number of carbonyl (C=O) groups is 3. The zero-order chi connectivity index (χ0) is 18.0. The van der Waals surface area contributed by atoms with Crippen molar-refractivity contribution in [3.63, 3.8) is 0 Å². The molecule has 7 nitrogen and oxygen atoms in total. The Bertz CT molecular complexity index is 874. The molecule has 2 aromatic rings. The van der Waals surface area contributed by atoms with Crippen molar-refractivity contribution < 1.29 is 29.0 Å². The van der Waals surface area contributed by atoms with Crippen molar-refractivity contribution in [2.45, 2.75) is 13.3 Å². The summed E-state index contributed by atoms with van der Waals surface area (Å²) in [6.07, 6.45) is -0.131. The van der Waals surface area contributed by atoms with Gasteiger partial charge in [0.15, 0.2) is 17.3 Å². The smallest absolute Gasteiger partial charge is 0.335 e. The molecular formula is C18H15NO6. The molecule has 7 heteroatoms. The van der Waals surface area contributed by atoms with Crippen LogP contribution in [0.4, 0.5) is 5.69 Å². The van der Waals surface area contributed by atoms with E-state index in [9.17, 15) is 19.5 Å². The van der Waals surface area contributed by atoms with E-state index >= 15 is 0 Å². The Balaban J connectivity index is 1.84. The van der Waals surface area contributed by atoms with Crippen molar-refractivity contribution in [1.29, 1.82) is 0 Å². The number of benzene rings is 2. The number of carboxylic acids is 1. The number of rotatable bonds is 5. The first-order valence-electron chi connectivity index (χ1n) is 7.51. The Labute approximate surface area is 143 Å². The van der Waals surface area contributed by atoms with E-state index in [0.717, 1.165) is 0 Å². The van der Waals surface area contributed by atoms with Crippen molar-refractivity contribution in [2.24, 2.45) is 0 Å². The summed E-state index contributed by atoms with van der Waals surface area (Å²) in [5.74, 6) is -0.892. The number of amides is 1. The number of carboxylic acid groups (broad SMARTS) is 1. The van der Waals surface area contributed by atoms with Crippen molar-refractivity contribution in [3.05, 3.63) is 53.1 Å². The predicted molar refractivity (Wildman–Crippen MR) is 88.3 cm³/mol. The molecule has 0 aliphatic carbocycles. The van der Waals surface area contributed by atoms with Crippen LogP contribution in [0.3, 0.4) is 0 Å². The van der Waals surface area contributed by atoms with Gasteiger partial charge in [0.1, 0.15) is 0 Å². The molecule has 0 radical (unpaired) electrons. The van der Waals surface area contributed by atoms with E-state index in [1.54, 1.807) is 18.2 Å². The van der Waals surface area contributed by atoms with Crippen LogP contribution in [-0.4, -0.2) is 29.6 Å². The van der Waals surface area contributed by atoms with Crippen molar-refractivity contribution >= 4 is 23.3 Å². The predicted octanol–water partition coefficient (Wildman–Crippen LogP) is 2.50. The summed E-state index contributed by atoms with van der Waals surface area (Å²) < 4.78 is 10.5. The Hall–Kier alpha value is -3.35. The number of carbonyl (C=O) groups excluding carboxylic acids is 2. The number of nitrogens with one attached hydrogen (secondary N) is 1. The summed E-state index contributed by atoms with van der Waals surface area (Å²) in [5.41, 5.74) is 1.05. The number of ketones is 1. The van der Waals surface area contributed by atoms with E-state index in [0.29, 0.717) is 28.3 Å². The van der Waals surface area contributed by atoms with Gasteiger partial charge < -0.3 is 19.9 Å². The summed E-state index contributed by atoms with van der Waals surface area (Å²) in [6.45, 7) is 1.43. The Morgan fingerprint density at radius 2 is 1.76 bits per heavy atom. The van der Waals surface area contributed by atoms with E-state index in [4.69, 9.17) is 9.47 Å². The van der Waals surface area contributed by atoms with Crippen LogP contribution >= 0.6 is 0 Å². The molecule has 0 saturated carbocycles. The highest BCUT2D eigenvalue weighted by Gasteiger charge is 2.21. The third-order valence-electron chi connectivity index (χ3n) is 3.76. The average molecular weight is 341 g/mol. The minimum atomic E-state index is -1.10. The fraction of sp³-hybridized carbons (Fsp3) is 0.167. The van der Waals surface area contributed by atoms with Gasteiger partial charge in [-0.05, 0) is 24.6 Å². The standard InChI is InChI=1S/C18H15NO6/c1-10(20)13-7-15-16(25-9-24-15)8-14(13)19-17(21)6-11-4-2-3-5-12(11)18(22)23/h2-5,7-8H,6,9H2,1H3,(H,19,21)(H,22,23). The van der Waals surface area contributed by atoms with Gasteiger partial charge >= 0.3 is 5.97 Å². The van der Waals surface area contributed by atoms with Crippen LogP contribution in [0.25, 0.3) is 0 Å². The number of anilines is 1. The van der Waals surface area contributed by atoms with Crippen LogP contribution in [0.5, 0.6) is 11.5 Å².